The van der Waals surface area contributed by atoms with Gasteiger partial charge in [0, 0.05) is 0 Å². The molecule has 0 aliphatic carbocycles. The van der Waals surface area contributed by atoms with E-state index in [4.69, 9.17) is 31.5 Å². The highest BCUT2D eigenvalue weighted by Gasteiger charge is 2.55. The van der Waals surface area contributed by atoms with Crippen molar-refractivity contribution < 1.29 is 14.2 Å². The molecule has 9 heteroatoms. The number of aromatic nitrogens is 4. The quantitative estimate of drug-likeness (QED) is 0.824. The minimum atomic E-state index is -0.675. The van der Waals surface area contributed by atoms with Crippen molar-refractivity contribution in [3.05, 3.63) is 12.7 Å². The first kappa shape index (κ1) is 14.1. The molecule has 4 rings (SSSR count). The van der Waals surface area contributed by atoms with Gasteiger partial charge in [-0.3, -0.25) is 4.57 Å². The first-order valence-corrected chi connectivity index (χ1v) is 7.54. The molecule has 0 bridgehead atoms. The van der Waals surface area contributed by atoms with Gasteiger partial charge in [0.1, 0.15) is 30.2 Å². The first-order valence-electron chi connectivity index (χ1n) is 7.00. The minimum Gasteiger partial charge on any atom is -0.382 e. The maximum Gasteiger partial charge on any atom is 0.167 e. The molecule has 1 unspecified atom stereocenters. The Labute approximate surface area is 131 Å². The second kappa shape index (κ2) is 4.76. The van der Waals surface area contributed by atoms with E-state index in [0.717, 1.165) is 0 Å². The van der Waals surface area contributed by atoms with E-state index in [-0.39, 0.29) is 18.3 Å². The summed E-state index contributed by atoms with van der Waals surface area (Å²) in [5.41, 5.74) is 6.96. The summed E-state index contributed by atoms with van der Waals surface area (Å²) >= 11 is 6.01. The van der Waals surface area contributed by atoms with Gasteiger partial charge in [-0.15, -0.1) is 11.6 Å². The van der Waals surface area contributed by atoms with Crippen molar-refractivity contribution >= 4 is 28.6 Å². The van der Waals surface area contributed by atoms with Gasteiger partial charge in [0.2, 0.25) is 0 Å². The van der Waals surface area contributed by atoms with E-state index in [0.29, 0.717) is 22.9 Å². The Balaban J connectivity index is 1.77. The predicted octanol–water partition coefficient (Wildman–Crippen LogP) is 1.06. The molecule has 0 aromatic carbocycles. The number of ether oxygens (including phenoxy) is 3. The number of anilines is 1. The molecule has 2 N–H and O–H groups in total. The van der Waals surface area contributed by atoms with Crippen LogP contribution in [0.3, 0.4) is 0 Å². The number of hydrogen-bond donors (Lipinski definition) is 1. The van der Waals surface area contributed by atoms with Crippen molar-refractivity contribution in [1.29, 1.82) is 0 Å². The molecule has 0 saturated carbocycles. The lowest BCUT2D eigenvalue weighted by Crippen LogP contribution is -2.30. The molecule has 2 aromatic rings. The summed E-state index contributed by atoms with van der Waals surface area (Å²) < 4.78 is 19.7. The molecule has 8 nitrogen and oxygen atoms in total. The summed E-state index contributed by atoms with van der Waals surface area (Å²) in [5.74, 6) is -0.0245. The minimum absolute atomic E-state index is 0.228. The van der Waals surface area contributed by atoms with Crippen molar-refractivity contribution in [3.8, 4) is 0 Å². The Kier molecular flexibility index (Phi) is 3.06. The van der Waals surface area contributed by atoms with Crippen molar-refractivity contribution in [1.82, 2.24) is 19.5 Å². The van der Waals surface area contributed by atoms with Crippen molar-refractivity contribution in [2.24, 2.45) is 0 Å². The summed E-state index contributed by atoms with van der Waals surface area (Å²) in [6, 6.07) is 0. The molecular formula is C13H16ClN5O3. The lowest BCUT2D eigenvalue weighted by molar-refractivity contribution is -0.193. The molecule has 2 saturated heterocycles. The van der Waals surface area contributed by atoms with Crippen LogP contribution >= 0.6 is 11.6 Å². The smallest absolute Gasteiger partial charge is 0.167 e. The number of nitrogens with zero attached hydrogens (tertiary/aromatic N) is 4. The van der Waals surface area contributed by atoms with E-state index in [1.165, 1.54) is 6.33 Å². The van der Waals surface area contributed by atoms with Crippen LogP contribution in [0.4, 0.5) is 5.82 Å². The molecule has 0 spiro atoms. The molecule has 4 heterocycles. The second-order valence-corrected chi connectivity index (χ2v) is 6.18. The van der Waals surface area contributed by atoms with Crippen LogP contribution in [-0.2, 0) is 14.2 Å². The lowest BCUT2D eigenvalue weighted by atomic mass is 10.1. The van der Waals surface area contributed by atoms with E-state index >= 15 is 0 Å². The Morgan fingerprint density at radius 2 is 2.05 bits per heavy atom. The van der Waals surface area contributed by atoms with Crippen LogP contribution in [0.1, 0.15) is 20.1 Å². The monoisotopic (exact) mass is 325 g/mol. The third kappa shape index (κ3) is 1.98. The summed E-state index contributed by atoms with van der Waals surface area (Å²) in [6.07, 6.45) is 1.84. The molecule has 118 valence electrons. The first-order chi connectivity index (χ1) is 10.5. The van der Waals surface area contributed by atoms with Crippen LogP contribution in [-0.4, -0.2) is 49.5 Å². The number of nitrogen functional groups attached to an aromatic ring is 1. The number of rotatable bonds is 2. The normalized spacial score (nSPS) is 33.4. The van der Waals surface area contributed by atoms with Crippen molar-refractivity contribution in [2.45, 2.75) is 44.2 Å². The van der Waals surface area contributed by atoms with Crippen LogP contribution < -0.4 is 5.73 Å². The van der Waals surface area contributed by atoms with Crippen LogP contribution in [0.2, 0.25) is 0 Å². The third-order valence-corrected chi connectivity index (χ3v) is 4.24. The lowest BCUT2D eigenvalue weighted by Gasteiger charge is -2.24. The standard InChI is InChI=1S/C13H16ClN5O3/c1-13(2)21-8-6(3-14)20-12(9(8)22-13)19-5-18-7-10(15)16-4-17-11(7)19/h4-6,8-9,12H,3H2,1-2H3,(H2,15,16,17)/t6-,8-,9-,12?/m1/s1. The highest BCUT2D eigenvalue weighted by Crippen LogP contribution is 2.43. The van der Waals surface area contributed by atoms with E-state index in [1.54, 1.807) is 10.9 Å². The van der Waals surface area contributed by atoms with Crippen molar-refractivity contribution in [2.75, 3.05) is 11.6 Å². The van der Waals surface area contributed by atoms with E-state index in [1.807, 2.05) is 13.8 Å². The molecular weight excluding hydrogens is 310 g/mol. The van der Waals surface area contributed by atoms with E-state index in [9.17, 15) is 0 Å². The number of nitrogens with two attached hydrogens (primary N) is 1. The molecule has 0 amide bonds. The fourth-order valence-electron chi connectivity index (χ4n) is 3.06. The zero-order valence-corrected chi connectivity index (χ0v) is 12.9. The summed E-state index contributed by atoms with van der Waals surface area (Å²) in [4.78, 5) is 12.5. The second-order valence-electron chi connectivity index (χ2n) is 5.87. The number of imidazole rings is 1. The topological polar surface area (TPSA) is 97.3 Å². The molecule has 2 fully saturated rings. The van der Waals surface area contributed by atoms with Gasteiger partial charge in [-0.25, -0.2) is 15.0 Å². The fraction of sp³-hybridized carbons (Fsp3) is 0.615. The van der Waals surface area contributed by atoms with Gasteiger partial charge in [0.05, 0.1) is 12.2 Å². The molecule has 2 aliphatic rings. The van der Waals surface area contributed by atoms with Gasteiger partial charge in [0.15, 0.2) is 23.5 Å². The van der Waals surface area contributed by atoms with Crippen LogP contribution in [0, 0.1) is 0 Å². The Hall–Kier alpha value is -1.48. The molecule has 2 aromatic heterocycles. The SMILES string of the molecule is CC1(C)O[C@@H]2[C@@H](CCl)OC(n3cnc4c(N)ncnc43)[C@@H]2O1. The Morgan fingerprint density at radius 1 is 1.27 bits per heavy atom. The molecule has 22 heavy (non-hydrogen) atoms. The van der Waals surface area contributed by atoms with Gasteiger partial charge in [-0.1, -0.05) is 0 Å². The maximum atomic E-state index is 6.01. The van der Waals surface area contributed by atoms with Crippen molar-refractivity contribution in [3.63, 3.8) is 0 Å². The van der Waals surface area contributed by atoms with Gasteiger partial charge in [-0.05, 0) is 13.8 Å². The highest BCUT2D eigenvalue weighted by molar-refractivity contribution is 6.18. The molecule has 0 radical (unpaired) electrons. The summed E-state index contributed by atoms with van der Waals surface area (Å²) in [7, 11) is 0. The Bertz CT molecular complexity index is 721. The van der Waals surface area contributed by atoms with E-state index < -0.39 is 12.0 Å². The number of halogens is 1. The third-order valence-electron chi connectivity index (χ3n) is 3.94. The number of alkyl halides is 1. The highest BCUT2D eigenvalue weighted by atomic mass is 35.5. The van der Waals surface area contributed by atoms with Gasteiger partial charge in [-0.2, -0.15) is 0 Å². The number of fused-ring (bicyclic) bond motifs is 2. The zero-order chi connectivity index (χ0) is 15.5. The van der Waals surface area contributed by atoms with Crippen LogP contribution in [0.15, 0.2) is 12.7 Å². The van der Waals surface area contributed by atoms with Crippen LogP contribution in [0.25, 0.3) is 11.2 Å². The molecule has 4 atom stereocenters. The summed E-state index contributed by atoms with van der Waals surface area (Å²) in [5, 5.41) is 0. The average Bonchev–Trinajstić information content (AvgIpc) is 3.10. The Morgan fingerprint density at radius 3 is 2.82 bits per heavy atom. The predicted molar refractivity (Wildman–Crippen MR) is 78.2 cm³/mol. The summed E-state index contributed by atoms with van der Waals surface area (Å²) in [6.45, 7) is 3.75. The number of hydrogen-bond acceptors (Lipinski definition) is 7. The average molecular weight is 326 g/mol. The fourth-order valence-corrected chi connectivity index (χ4v) is 3.31. The molecule has 2 aliphatic heterocycles. The largest absolute Gasteiger partial charge is 0.382 e. The van der Waals surface area contributed by atoms with Gasteiger partial charge in [0.25, 0.3) is 0 Å². The zero-order valence-electron chi connectivity index (χ0n) is 12.1. The van der Waals surface area contributed by atoms with Gasteiger partial charge < -0.3 is 19.9 Å². The van der Waals surface area contributed by atoms with Crippen LogP contribution in [0.5, 0.6) is 0 Å². The van der Waals surface area contributed by atoms with E-state index in [2.05, 4.69) is 15.0 Å². The maximum absolute atomic E-state index is 6.01. The van der Waals surface area contributed by atoms with Gasteiger partial charge >= 0.3 is 0 Å².